The van der Waals surface area contributed by atoms with E-state index >= 15 is 0 Å². The van der Waals surface area contributed by atoms with Crippen LogP contribution in [-0.4, -0.2) is 36.2 Å². The standard InChI is InChI=1S/C21H26FNO2.ClH/c1-16-2-4-17(5-3-16)14-18-8-10-23(11-9-18)12-13-25-19-6-7-21(24)20(22)15-19;/h2-7,15,18,24H,8-14H2,1H3;1H. The Kier molecular flexibility index (Phi) is 7.73. The summed E-state index contributed by atoms with van der Waals surface area (Å²) in [6.07, 6.45) is 3.58. The third-order valence-corrected chi connectivity index (χ3v) is 4.95. The van der Waals surface area contributed by atoms with Gasteiger partial charge in [-0.2, -0.15) is 0 Å². The van der Waals surface area contributed by atoms with Crippen molar-refractivity contribution in [2.75, 3.05) is 26.2 Å². The Bertz CT molecular complexity index is 685. The summed E-state index contributed by atoms with van der Waals surface area (Å²) in [6.45, 7) is 5.68. The average molecular weight is 380 g/mol. The number of likely N-dealkylation sites (tertiary alicyclic amines) is 1. The smallest absolute Gasteiger partial charge is 0.168 e. The molecular weight excluding hydrogens is 353 g/mol. The first kappa shape index (κ1) is 20.5. The number of aromatic hydroxyl groups is 1. The maximum absolute atomic E-state index is 13.3. The Balaban J connectivity index is 0.00000243. The van der Waals surface area contributed by atoms with Crippen molar-refractivity contribution in [3.8, 4) is 11.5 Å². The second-order valence-electron chi connectivity index (χ2n) is 6.94. The molecule has 2 aromatic rings. The first-order chi connectivity index (χ1) is 12.1. The van der Waals surface area contributed by atoms with Gasteiger partial charge in [0.25, 0.3) is 0 Å². The lowest BCUT2D eigenvalue weighted by Crippen LogP contribution is -2.37. The van der Waals surface area contributed by atoms with Crippen LogP contribution in [0.5, 0.6) is 11.5 Å². The monoisotopic (exact) mass is 379 g/mol. The van der Waals surface area contributed by atoms with Crippen LogP contribution in [0.4, 0.5) is 4.39 Å². The summed E-state index contributed by atoms with van der Waals surface area (Å²) in [5.41, 5.74) is 2.74. The topological polar surface area (TPSA) is 32.7 Å². The van der Waals surface area contributed by atoms with Gasteiger partial charge in [-0.05, 0) is 62.9 Å². The molecule has 0 radical (unpaired) electrons. The summed E-state index contributed by atoms with van der Waals surface area (Å²) in [5.74, 6) is 0.230. The van der Waals surface area contributed by atoms with Crippen LogP contribution in [0.25, 0.3) is 0 Å². The van der Waals surface area contributed by atoms with Crippen LogP contribution in [0.1, 0.15) is 24.0 Å². The zero-order valence-corrected chi connectivity index (χ0v) is 16.0. The Morgan fingerprint density at radius 3 is 2.46 bits per heavy atom. The quantitative estimate of drug-likeness (QED) is 0.796. The summed E-state index contributed by atoms with van der Waals surface area (Å²) >= 11 is 0. The van der Waals surface area contributed by atoms with Gasteiger partial charge in [0.1, 0.15) is 12.4 Å². The highest BCUT2D eigenvalue weighted by Gasteiger charge is 2.19. The summed E-state index contributed by atoms with van der Waals surface area (Å²) in [4.78, 5) is 2.41. The Morgan fingerprint density at radius 2 is 1.81 bits per heavy atom. The number of hydrogen-bond acceptors (Lipinski definition) is 3. The lowest BCUT2D eigenvalue weighted by molar-refractivity contribution is 0.154. The van der Waals surface area contributed by atoms with Crippen LogP contribution >= 0.6 is 12.4 Å². The molecule has 26 heavy (non-hydrogen) atoms. The normalized spacial score (nSPS) is 15.5. The fourth-order valence-corrected chi connectivity index (χ4v) is 3.34. The second-order valence-corrected chi connectivity index (χ2v) is 6.94. The Hall–Kier alpha value is -1.78. The van der Waals surface area contributed by atoms with Crippen molar-refractivity contribution in [1.29, 1.82) is 0 Å². The van der Waals surface area contributed by atoms with E-state index in [-0.39, 0.29) is 18.2 Å². The number of hydrogen-bond donors (Lipinski definition) is 1. The van der Waals surface area contributed by atoms with Gasteiger partial charge in [0.15, 0.2) is 11.6 Å². The average Bonchev–Trinajstić information content (AvgIpc) is 2.61. The third kappa shape index (κ3) is 5.89. The number of nitrogens with zero attached hydrogens (tertiary/aromatic N) is 1. The fraction of sp³-hybridized carbons (Fsp3) is 0.429. The first-order valence-corrected chi connectivity index (χ1v) is 8.99. The predicted octanol–water partition coefficient (Wildman–Crippen LogP) is 4.60. The van der Waals surface area contributed by atoms with E-state index in [0.29, 0.717) is 12.4 Å². The van der Waals surface area contributed by atoms with Crippen molar-refractivity contribution in [1.82, 2.24) is 4.90 Å². The number of rotatable bonds is 6. The van der Waals surface area contributed by atoms with Gasteiger partial charge < -0.3 is 9.84 Å². The van der Waals surface area contributed by atoms with Crippen LogP contribution < -0.4 is 4.74 Å². The van der Waals surface area contributed by atoms with Gasteiger partial charge in [0.05, 0.1) is 0 Å². The van der Waals surface area contributed by atoms with Gasteiger partial charge >= 0.3 is 0 Å². The molecule has 0 saturated carbocycles. The molecule has 2 aromatic carbocycles. The van der Waals surface area contributed by atoms with Crippen LogP contribution in [0.15, 0.2) is 42.5 Å². The van der Waals surface area contributed by atoms with Crippen molar-refractivity contribution < 1.29 is 14.2 Å². The first-order valence-electron chi connectivity index (χ1n) is 8.99. The molecule has 1 saturated heterocycles. The van der Waals surface area contributed by atoms with E-state index in [1.54, 1.807) is 6.07 Å². The highest BCUT2D eigenvalue weighted by atomic mass is 35.5. The van der Waals surface area contributed by atoms with Gasteiger partial charge in [-0.3, -0.25) is 4.90 Å². The molecule has 0 aromatic heterocycles. The van der Waals surface area contributed by atoms with Crippen molar-refractivity contribution in [3.05, 3.63) is 59.4 Å². The zero-order chi connectivity index (χ0) is 17.6. The van der Waals surface area contributed by atoms with Crippen molar-refractivity contribution in [3.63, 3.8) is 0 Å². The number of ether oxygens (including phenoxy) is 1. The van der Waals surface area contributed by atoms with Crippen LogP contribution in [0.3, 0.4) is 0 Å². The van der Waals surface area contributed by atoms with E-state index < -0.39 is 5.82 Å². The largest absolute Gasteiger partial charge is 0.505 e. The van der Waals surface area contributed by atoms with Gasteiger partial charge in [0, 0.05) is 12.6 Å². The lowest BCUT2D eigenvalue weighted by Gasteiger charge is -2.31. The molecule has 0 spiro atoms. The van der Waals surface area contributed by atoms with Crippen molar-refractivity contribution >= 4 is 12.4 Å². The number of aryl methyl sites for hydroxylation is 1. The molecule has 1 fully saturated rings. The lowest BCUT2D eigenvalue weighted by atomic mass is 9.90. The zero-order valence-electron chi connectivity index (χ0n) is 15.2. The van der Waals surface area contributed by atoms with E-state index in [1.807, 2.05) is 0 Å². The summed E-state index contributed by atoms with van der Waals surface area (Å²) in [6, 6.07) is 13.0. The maximum Gasteiger partial charge on any atom is 0.168 e. The summed E-state index contributed by atoms with van der Waals surface area (Å²) < 4.78 is 18.9. The Morgan fingerprint density at radius 1 is 1.12 bits per heavy atom. The number of benzene rings is 2. The molecule has 3 nitrogen and oxygen atoms in total. The number of piperidine rings is 1. The van der Waals surface area contributed by atoms with E-state index in [0.717, 1.165) is 32.0 Å². The third-order valence-electron chi connectivity index (χ3n) is 4.95. The molecule has 1 aliphatic heterocycles. The highest BCUT2D eigenvalue weighted by molar-refractivity contribution is 5.85. The van der Waals surface area contributed by atoms with Gasteiger partial charge in [-0.1, -0.05) is 29.8 Å². The number of halogens is 2. The van der Waals surface area contributed by atoms with Crippen molar-refractivity contribution in [2.45, 2.75) is 26.2 Å². The fourth-order valence-electron chi connectivity index (χ4n) is 3.34. The molecule has 0 unspecified atom stereocenters. The van der Waals surface area contributed by atoms with Crippen LogP contribution in [-0.2, 0) is 6.42 Å². The molecule has 5 heteroatoms. The Labute approximate surface area is 161 Å². The van der Waals surface area contributed by atoms with Crippen LogP contribution in [0, 0.1) is 18.7 Å². The SMILES string of the molecule is Cc1ccc(CC2CCN(CCOc3ccc(O)c(F)c3)CC2)cc1.Cl. The minimum Gasteiger partial charge on any atom is -0.505 e. The van der Waals surface area contributed by atoms with Gasteiger partial charge in [0.2, 0.25) is 0 Å². The van der Waals surface area contributed by atoms with Gasteiger partial charge in [-0.25, -0.2) is 4.39 Å². The molecule has 1 N–H and O–H groups in total. The highest BCUT2D eigenvalue weighted by Crippen LogP contribution is 2.23. The molecule has 0 atom stereocenters. The summed E-state index contributed by atoms with van der Waals surface area (Å²) in [7, 11) is 0. The van der Waals surface area contributed by atoms with E-state index in [2.05, 4.69) is 36.1 Å². The molecule has 0 aliphatic carbocycles. The minimum atomic E-state index is -0.644. The number of phenols is 1. The van der Waals surface area contributed by atoms with Gasteiger partial charge in [-0.15, -0.1) is 12.4 Å². The van der Waals surface area contributed by atoms with E-state index in [1.165, 1.54) is 36.1 Å². The second kappa shape index (κ2) is 9.79. The molecule has 3 rings (SSSR count). The molecule has 0 amide bonds. The minimum absolute atomic E-state index is 0. The maximum atomic E-state index is 13.3. The molecular formula is C21H27ClFNO2. The summed E-state index contributed by atoms with van der Waals surface area (Å²) in [5, 5.41) is 9.18. The van der Waals surface area contributed by atoms with E-state index in [9.17, 15) is 9.50 Å². The molecule has 1 heterocycles. The van der Waals surface area contributed by atoms with Crippen molar-refractivity contribution in [2.24, 2.45) is 5.92 Å². The molecule has 0 bridgehead atoms. The predicted molar refractivity (Wildman–Crippen MR) is 105 cm³/mol. The molecule has 1 aliphatic rings. The van der Waals surface area contributed by atoms with E-state index in [4.69, 9.17) is 4.74 Å². The molecule has 142 valence electrons. The van der Waals surface area contributed by atoms with Crippen LogP contribution in [0.2, 0.25) is 0 Å². The number of phenolic OH excluding ortho intramolecular Hbond substituents is 1.